The number of carbonyl (C=O) groups excluding carboxylic acids is 2. The summed E-state index contributed by atoms with van der Waals surface area (Å²) in [5, 5.41) is 2.71. The van der Waals surface area contributed by atoms with E-state index < -0.39 is 6.04 Å². The van der Waals surface area contributed by atoms with Gasteiger partial charge in [-0.2, -0.15) is 0 Å². The van der Waals surface area contributed by atoms with Gasteiger partial charge in [-0.1, -0.05) is 19.1 Å². The normalized spacial score (nSPS) is 11.8. The number of rotatable bonds is 6. The van der Waals surface area contributed by atoms with Gasteiger partial charge in [0.05, 0.1) is 0 Å². The Kier molecular flexibility index (Phi) is 6.15. The predicted octanol–water partition coefficient (Wildman–Crippen LogP) is 2.09. The number of carbonyl (C=O) groups is 2. The number of likely N-dealkylation sites (N-methyl/N-ethyl adjacent to an activating group) is 1. The Labute approximate surface area is 119 Å². The summed E-state index contributed by atoms with van der Waals surface area (Å²) in [5.41, 5.74) is 0.796. The van der Waals surface area contributed by atoms with Crippen molar-refractivity contribution < 1.29 is 14.0 Å². The smallest absolute Gasteiger partial charge is 0.242 e. The standard InChI is InChI=1S/C15H21FN2O2/c1-4-14(19)18(11(3)15(20)17-5-2)10-12-6-8-13(16)9-7-12/h6-9,11H,4-5,10H2,1-3H3,(H,17,20)/t11-/m0/s1. The zero-order valence-corrected chi connectivity index (χ0v) is 12.1. The van der Waals surface area contributed by atoms with Crippen LogP contribution < -0.4 is 5.32 Å². The Morgan fingerprint density at radius 3 is 2.35 bits per heavy atom. The molecule has 0 heterocycles. The van der Waals surface area contributed by atoms with Gasteiger partial charge >= 0.3 is 0 Å². The molecule has 1 N–H and O–H groups in total. The van der Waals surface area contributed by atoms with Gasteiger partial charge in [-0.3, -0.25) is 9.59 Å². The molecule has 20 heavy (non-hydrogen) atoms. The average molecular weight is 280 g/mol. The minimum absolute atomic E-state index is 0.104. The first-order valence-electron chi connectivity index (χ1n) is 6.81. The lowest BCUT2D eigenvalue weighted by Gasteiger charge is -2.28. The highest BCUT2D eigenvalue weighted by atomic mass is 19.1. The first-order chi connectivity index (χ1) is 9.49. The van der Waals surface area contributed by atoms with E-state index in [4.69, 9.17) is 0 Å². The Hall–Kier alpha value is -1.91. The van der Waals surface area contributed by atoms with Crippen molar-refractivity contribution in [3.8, 4) is 0 Å². The van der Waals surface area contributed by atoms with Crippen LogP contribution in [0.3, 0.4) is 0 Å². The Balaban J connectivity index is 2.86. The zero-order valence-electron chi connectivity index (χ0n) is 12.1. The molecule has 0 fully saturated rings. The van der Waals surface area contributed by atoms with Crippen LogP contribution in [0.25, 0.3) is 0 Å². The Morgan fingerprint density at radius 1 is 1.25 bits per heavy atom. The van der Waals surface area contributed by atoms with Crippen LogP contribution in [-0.4, -0.2) is 29.3 Å². The van der Waals surface area contributed by atoms with Crippen LogP contribution >= 0.6 is 0 Å². The Morgan fingerprint density at radius 2 is 1.85 bits per heavy atom. The van der Waals surface area contributed by atoms with Gasteiger partial charge in [0.2, 0.25) is 11.8 Å². The summed E-state index contributed by atoms with van der Waals surface area (Å²) in [4.78, 5) is 25.4. The highest BCUT2D eigenvalue weighted by Gasteiger charge is 2.24. The number of hydrogen-bond donors (Lipinski definition) is 1. The summed E-state index contributed by atoms with van der Waals surface area (Å²) in [5.74, 6) is -0.608. The van der Waals surface area contributed by atoms with Crippen LogP contribution in [0.15, 0.2) is 24.3 Å². The molecule has 1 rings (SSSR count). The summed E-state index contributed by atoms with van der Waals surface area (Å²) in [6, 6.07) is 5.39. The second-order valence-electron chi connectivity index (χ2n) is 4.57. The quantitative estimate of drug-likeness (QED) is 0.867. The van der Waals surface area contributed by atoms with Crippen molar-refractivity contribution in [2.45, 2.75) is 39.8 Å². The Bertz CT molecular complexity index is 459. The molecule has 0 aliphatic carbocycles. The van der Waals surface area contributed by atoms with E-state index in [9.17, 15) is 14.0 Å². The van der Waals surface area contributed by atoms with Crippen molar-refractivity contribution in [1.29, 1.82) is 0 Å². The van der Waals surface area contributed by atoms with Crippen LogP contribution in [0.1, 0.15) is 32.8 Å². The van der Waals surface area contributed by atoms with E-state index in [0.717, 1.165) is 5.56 Å². The van der Waals surface area contributed by atoms with Crippen molar-refractivity contribution >= 4 is 11.8 Å². The number of nitrogens with one attached hydrogen (secondary N) is 1. The largest absolute Gasteiger partial charge is 0.355 e. The third kappa shape index (κ3) is 4.33. The molecule has 0 bridgehead atoms. The number of nitrogens with zero attached hydrogens (tertiary/aromatic N) is 1. The second-order valence-corrected chi connectivity index (χ2v) is 4.57. The fraction of sp³-hybridized carbons (Fsp3) is 0.467. The van der Waals surface area contributed by atoms with Crippen molar-refractivity contribution in [2.24, 2.45) is 0 Å². The van der Waals surface area contributed by atoms with Crippen LogP contribution in [0.5, 0.6) is 0 Å². The first kappa shape index (κ1) is 16.1. The van der Waals surface area contributed by atoms with E-state index in [1.54, 1.807) is 26.0 Å². The maximum absolute atomic E-state index is 12.9. The zero-order chi connectivity index (χ0) is 15.1. The maximum Gasteiger partial charge on any atom is 0.242 e. The molecule has 0 aromatic heterocycles. The van der Waals surface area contributed by atoms with Crippen LogP contribution in [0.4, 0.5) is 4.39 Å². The lowest BCUT2D eigenvalue weighted by atomic mass is 10.1. The van der Waals surface area contributed by atoms with Gasteiger partial charge in [0.15, 0.2) is 0 Å². The topological polar surface area (TPSA) is 49.4 Å². The third-order valence-electron chi connectivity index (χ3n) is 3.09. The number of amides is 2. The number of halogens is 1. The molecule has 0 radical (unpaired) electrons. The molecule has 4 nitrogen and oxygen atoms in total. The van der Waals surface area contributed by atoms with Gasteiger partial charge in [-0.15, -0.1) is 0 Å². The minimum atomic E-state index is -0.549. The highest BCUT2D eigenvalue weighted by molar-refractivity contribution is 5.87. The molecule has 0 saturated heterocycles. The molecular weight excluding hydrogens is 259 g/mol. The van der Waals surface area contributed by atoms with Gasteiger partial charge in [0.25, 0.3) is 0 Å². The molecule has 0 spiro atoms. The lowest BCUT2D eigenvalue weighted by molar-refractivity contribution is -0.140. The molecule has 0 aliphatic rings. The summed E-state index contributed by atoms with van der Waals surface area (Å²) in [7, 11) is 0. The second kappa shape index (κ2) is 7.62. The van der Waals surface area contributed by atoms with Gasteiger partial charge in [-0.05, 0) is 31.5 Å². The van der Waals surface area contributed by atoms with Gasteiger partial charge in [-0.25, -0.2) is 4.39 Å². The molecular formula is C15H21FN2O2. The van der Waals surface area contributed by atoms with E-state index in [0.29, 0.717) is 19.5 Å². The van der Waals surface area contributed by atoms with E-state index in [-0.39, 0.29) is 17.6 Å². The van der Waals surface area contributed by atoms with Gasteiger partial charge < -0.3 is 10.2 Å². The fourth-order valence-electron chi connectivity index (χ4n) is 1.89. The van der Waals surface area contributed by atoms with E-state index in [1.807, 2.05) is 6.92 Å². The van der Waals surface area contributed by atoms with E-state index >= 15 is 0 Å². The SMILES string of the molecule is CCNC(=O)[C@H](C)N(Cc1ccc(F)cc1)C(=O)CC. The molecule has 0 saturated carbocycles. The van der Waals surface area contributed by atoms with E-state index in [1.165, 1.54) is 17.0 Å². The van der Waals surface area contributed by atoms with E-state index in [2.05, 4.69) is 5.32 Å². The number of benzene rings is 1. The molecule has 0 aliphatic heterocycles. The van der Waals surface area contributed by atoms with Crippen LogP contribution in [-0.2, 0) is 16.1 Å². The van der Waals surface area contributed by atoms with Crippen molar-refractivity contribution in [2.75, 3.05) is 6.54 Å². The monoisotopic (exact) mass is 280 g/mol. The molecule has 1 aromatic rings. The van der Waals surface area contributed by atoms with Crippen LogP contribution in [0.2, 0.25) is 0 Å². The summed E-state index contributed by atoms with van der Waals surface area (Å²) in [6.07, 6.45) is 0.324. The maximum atomic E-state index is 12.9. The predicted molar refractivity (Wildman–Crippen MR) is 75.4 cm³/mol. The molecule has 2 amide bonds. The first-order valence-corrected chi connectivity index (χ1v) is 6.81. The molecule has 110 valence electrons. The van der Waals surface area contributed by atoms with Gasteiger partial charge in [0.1, 0.15) is 11.9 Å². The van der Waals surface area contributed by atoms with Crippen molar-refractivity contribution in [3.05, 3.63) is 35.6 Å². The van der Waals surface area contributed by atoms with Crippen LogP contribution in [0, 0.1) is 5.82 Å². The fourth-order valence-corrected chi connectivity index (χ4v) is 1.89. The number of hydrogen-bond acceptors (Lipinski definition) is 2. The van der Waals surface area contributed by atoms with Crippen molar-refractivity contribution in [1.82, 2.24) is 10.2 Å². The average Bonchev–Trinajstić information content (AvgIpc) is 2.45. The third-order valence-corrected chi connectivity index (χ3v) is 3.09. The molecule has 1 aromatic carbocycles. The lowest BCUT2D eigenvalue weighted by Crippen LogP contribution is -2.47. The molecule has 5 heteroatoms. The minimum Gasteiger partial charge on any atom is -0.355 e. The summed E-state index contributed by atoms with van der Waals surface area (Å²) < 4.78 is 12.9. The summed E-state index contributed by atoms with van der Waals surface area (Å²) in [6.45, 7) is 6.10. The molecule has 0 unspecified atom stereocenters. The van der Waals surface area contributed by atoms with Crippen molar-refractivity contribution in [3.63, 3.8) is 0 Å². The van der Waals surface area contributed by atoms with Gasteiger partial charge in [0, 0.05) is 19.5 Å². The highest BCUT2D eigenvalue weighted by Crippen LogP contribution is 2.11. The summed E-state index contributed by atoms with van der Waals surface area (Å²) >= 11 is 0. The molecule has 1 atom stereocenters.